The van der Waals surface area contributed by atoms with Crippen LogP contribution in [-0.2, 0) is 20.9 Å². The number of pyridine rings is 1. The minimum atomic E-state index is -0.679. The van der Waals surface area contributed by atoms with Crippen molar-refractivity contribution in [3.05, 3.63) is 84.2 Å². The Morgan fingerprint density at radius 2 is 1.56 bits per heavy atom. The third-order valence-electron chi connectivity index (χ3n) is 4.82. The normalized spacial score (nSPS) is 11.8. The Morgan fingerprint density at radius 1 is 0.889 bits per heavy atom. The number of rotatable bonds is 8. The Morgan fingerprint density at radius 3 is 2.17 bits per heavy atom. The molecule has 0 radical (unpaired) electrons. The van der Waals surface area contributed by atoms with E-state index < -0.39 is 17.8 Å². The number of nitrogens with zero attached hydrogens (tertiary/aromatic N) is 1. The second-order valence-corrected chi connectivity index (χ2v) is 9.01. The fourth-order valence-corrected chi connectivity index (χ4v) is 3.04. The van der Waals surface area contributed by atoms with E-state index in [0.29, 0.717) is 22.6 Å². The van der Waals surface area contributed by atoms with Crippen molar-refractivity contribution < 1.29 is 23.9 Å². The molecule has 1 unspecified atom stereocenters. The molecule has 0 saturated carbocycles. The van der Waals surface area contributed by atoms with E-state index in [9.17, 15) is 14.4 Å². The van der Waals surface area contributed by atoms with E-state index in [0.717, 1.165) is 5.56 Å². The van der Waals surface area contributed by atoms with Crippen LogP contribution in [0.4, 0.5) is 21.9 Å². The number of nitrogens with one attached hydrogen (secondary N) is 3. The van der Waals surface area contributed by atoms with Crippen LogP contribution in [0.3, 0.4) is 0 Å². The summed E-state index contributed by atoms with van der Waals surface area (Å²) in [4.78, 5) is 41.4. The number of anilines is 3. The second-order valence-electron chi connectivity index (χ2n) is 9.01. The fourth-order valence-electron chi connectivity index (χ4n) is 3.04. The van der Waals surface area contributed by atoms with Gasteiger partial charge in [-0.25, -0.2) is 4.79 Å². The largest absolute Gasteiger partial charge is 0.444 e. The standard InChI is InChI=1S/C27H30N4O5/c1-18(35-17-19-8-7-15-28-16-19)24(32)29-21-13-11-20(12-14-21)25(33)30-22-9-5-6-10-23(22)31-26(34)36-27(2,3)4/h5-16,18H,17H2,1-4H3,(H,29,32)(H,30,33)(H,31,34). The van der Waals surface area contributed by atoms with Crippen molar-refractivity contribution in [3.8, 4) is 0 Å². The monoisotopic (exact) mass is 490 g/mol. The minimum absolute atomic E-state index is 0.270. The molecule has 3 amide bonds. The van der Waals surface area contributed by atoms with Crippen molar-refractivity contribution >= 4 is 35.0 Å². The van der Waals surface area contributed by atoms with E-state index in [1.54, 1.807) is 94.7 Å². The van der Waals surface area contributed by atoms with Crippen molar-refractivity contribution in [2.45, 2.75) is 46.0 Å². The number of aromatic nitrogens is 1. The molecule has 0 aliphatic carbocycles. The number of ether oxygens (including phenoxy) is 2. The highest BCUT2D eigenvalue weighted by atomic mass is 16.6. The first-order valence-electron chi connectivity index (χ1n) is 11.4. The Balaban J connectivity index is 1.56. The van der Waals surface area contributed by atoms with Gasteiger partial charge in [0.1, 0.15) is 11.7 Å². The lowest BCUT2D eigenvalue weighted by Crippen LogP contribution is -2.27. The van der Waals surface area contributed by atoms with Gasteiger partial charge in [0.05, 0.1) is 18.0 Å². The maximum absolute atomic E-state index is 12.8. The number of hydrogen-bond donors (Lipinski definition) is 3. The molecule has 0 aliphatic heterocycles. The number of hydrogen-bond acceptors (Lipinski definition) is 6. The van der Waals surface area contributed by atoms with Gasteiger partial charge in [-0.1, -0.05) is 18.2 Å². The summed E-state index contributed by atoms with van der Waals surface area (Å²) in [6.45, 7) is 7.23. The molecule has 9 nitrogen and oxygen atoms in total. The summed E-state index contributed by atoms with van der Waals surface area (Å²) in [5, 5.41) is 8.20. The zero-order valence-electron chi connectivity index (χ0n) is 20.7. The molecule has 0 spiro atoms. The van der Waals surface area contributed by atoms with Gasteiger partial charge in [0.25, 0.3) is 11.8 Å². The van der Waals surface area contributed by atoms with Gasteiger partial charge in [-0.05, 0) is 75.7 Å². The van der Waals surface area contributed by atoms with Gasteiger partial charge >= 0.3 is 6.09 Å². The Labute approximate surface area is 210 Å². The van der Waals surface area contributed by atoms with E-state index in [4.69, 9.17) is 9.47 Å². The van der Waals surface area contributed by atoms with Crippen LogP contribution < -0.4 is 16.0 Å². The highest BCUT2D eigenvalue weighted by Gasteiger charge is 2.18. The molecular formula is C27H30N4O5. The molecule has 3 aromatic rings. The maximum Gasteiger partial charge on any atom is 0.412 e. The van der Waals surface area contributed by atoms with Crippen LogP contribution in [0, 0.1) is 0 Å². The lowest BCUT2D eigenvalue weighted by atomic mass is 10.1. The van der Waals surface area contributed by atoms with Gasteiger partial charge in [0.15, 0.2) is 0 Å². The molecule has 1 aromatic heterocycles. The van der Waals surface area contributed by atoms with E-state index in [2.05, 4.69) is 20.9 Å². The molecule has 3 rings (SSSR count). The van der Waals surface area contributed by atoms with Crippen molar-refractivity contribution in [3.63, 3.8) is 0 Å². The maximum atomic E-state index is 12.8. The molecule has 2 aromatic carbocycles. The molecule has 0 aliphatic rings. The van der Waals surface area contributed by atoms with Crippen LogP contribution in [0.1, 0.15) is 43.6 Å². The summed E-state index contributed by atoms with van der Waals surface area (Å²) in [5.74, 6) is -0.683. The zero-order valence-corrected chi connectivity index (χ0v) is 20.7. The average molecular weight is 491 g/mol. The van der Waals surface area contributed by atoms with Crippen molar-refractivity contribution in [2.75, 3.05) is 16.0 Å². The van der Waals surface area contributed by atoms with Gasteiger partial charge < -0.3 is 20.1 Å². The van der Waals surface area contributed by atoms with Crippen LogP contribution in [0.15, 0.2) is 73.1 Å². The number of carbonyl (C=O) groups excluding carboxylic acids is 3. The summed E-state index contributed by atoms with van der Waals surface area (Å²) < 4.78 is 10.9. The summed E-state index contributed by atoms with van der Waals surface area (Å²) in [6.07, 6.45) is 2.05. The zero-order chi connectivity index (χ0) is 26.1. The Bertz CT molecular complexity index is 1190. The Hall–Kier alpha value is -4.24. The molecule has 3 N–H and O–H groups in total. The van der Waals surface area contributed by atoms with Crippen molar-refractivity contribution in [2.24, 2.45) is 0 Å². The Kier molecular flexibility index (Phi) is 8.75. The van der Waals surface area contributed by atoms with Crippen LogP contribution in [0.2, 0.25) is 0 Å². The van der Waals surface area contributed by atoms with Gasteiger partial charge in [0.2, 0.25) is 0 Å². The van der Waals surface area contributed by atoms with Gasteiger partial charge in [-0.15, -0.1) is 0 Å². The predicted molar refractivity (Wildman–Crippen MR) is 138 cm³/mol. The average Bonchev–Trinajstić information content (AvgIpc) is 2.83. The van der Waals surface area contributed by atoms with Gasteiger partial charge in [-0.3, -0.25) is 19.9 Å². The quantitative estimate of drug-likeness (QED) is 0.398. The molecule has 0 fully saturated rings. The molecular weight excluding hydrogens is 460 g/mol. The van der Waals surface area contributed by atoms with Crippen molar-refractivity contribution in [1.82, 2.24) is 4.98 Å². The van der Waals surface area contributed by atoms with Crippen LogP contribution in [0.25, 0.3) is 0 Å². The molecule has 1 heterocycles. The van der Waals surface area contributed by atoms with Crippen LogP contribution in [0.5, 0.6) is 0 Å². The number of benzene rings is 2. The second kappa shape index (κ2) is 11.9. The lowest BCUT2D eigenvalue weighted by Gasteiger charge is -2.20. The molecule has 0 bridgehead atoms. The highest BCUT2D eigenvalue weighted by molar-refractivity contribution is 6.07. The first kappa shape index (κ1) is 26.4. The van der Waals surface area contributed by atoms with E-state index in [-0.39, 0.29) is 18.4 Å². The third kappa shape index (κ3) is 8.21. The molecule has 36 heavy (non-hydrogen) atoms. The summed E-state index contributed by atoms with van der Waals surface area (Å²) in [5.41, 5.74) is 1.95. The topological polar surface area (TPSA) is 119 Å². The highest BCUT2D eigenvalue weighted by Crippen LogP contribution is 2.23. The first-order valence-corrected chi connectivity index (χ1v) is 11.4. The fraction of sp³-hybridized carbons (Fsp3) is 0.259. The predicted octanol–water partition coefficient (Wildman–Crippen LogP) is 5.22. The van der Waals surface area contributed by atoms with E-state index in [1.165, 1.54) is 0 Å². The summed E-state index contributed by atoms with van der Waals surface area (Å²) in [6, 6.07) is 16.9. The minimum Gasteiger partial charge on any atom is -0.444 e. The molecule has 188 valence electrons. The lowest BCUT2D eigenvalue weighted by molar-refractivity contribution is -0.127. The number of amides is 3. The number of para-hydroxylation sites is 2. The van der Waals surface area contributed by atoms with Crippen LogP contribution in [-0.4, -0.2) is 34.6 Å². The van der Waals surface area contributed by atoms with E-state index in [1.807, 2.05) is 6.07 Å². The number of carbonyl (C=O) groups is 3. The summed E-state index contributed by atoms with van der Waals surface area (Å²) in [7, 11) is 0. The van der Waals surface area contributed by atoms with E-state index >= 15 is 0 Å². The van der Waals surface area contributed by atoms with Gasteiger partial charge in [0, 0.05) is 23.6 Å². The first-order chi connectivity index (χ1) is 17.1. The SMILES string of the molecule is CC(OCc1cccnc1)C(=O)Nc1ccc(C(=O)Nc2ccccc2NC(=O)OC(C)(C)C)cc1. The molecule has 9 heteroatoms. The smallest absolute Gasteiger partial charge is 0.412 e. The van der Waals surface area contributed by atoms with Gasteiger partial charge in [-0.2, -0.15) is 0 Å². The molecule has 1 atom stereocenters. The third-order valence-corrected chi connectivity index (χ3v) is 4.82. The van der Waals surface area contributed by atoms with Crippen molar-refractivity contribution in [1.29, 1.82) is 0 Å². The van der Waals surface area contributed by atoms with Crippen LogP contribution >= 0.6 is 0 Å². The summed E-state index contributed by atoms with van der Waals surface area (Å²) >= 11 is 0. The molecule has 0 saturated heterocycles.